The lowest BCUT2D eigenvalue weighted by atomic mass is 10.0. The van der Waals surface area contributed by atoms with Crippen molar-refractivity contribution in [2.45, 2.75) is 25.9 Å². The molecule has 1 aromatic rings. The third-order valence-electron chi connectivity index (χ3n) is 2.60. The van der Waals surface area contributed by atoms with Gasteiger partial charge in [0.25, 0.3) is 5.91 Å². The third-order valence-corrected chi connectivity index (χ3v) is 2.90. The van der Waals surface area contributed by atoms with Crippen LogP contribution in [0.5, 0.6) is 0 Å². The van der Waals surface area contributed by atoms with Crippen molar-refractivity contribution in [2.75, 3.05) is 12.4 Å². The first-order chi connectivity index (χ1) is 7.53. The molecule has 4 nitrogen and oxygen atoms in total. The van der Waals surface area contributed by atoms with Crippen LogP contribution in [0.25, 0.3) is 0 Å². The number of methoxy groups -OCH3 is 1. The molecule has 0 fully saturated rings. The molecular formula is C11H15ClN2O2. The van der Waals surface area contributed by atoms with Gasteiger partial charge in [0.1, 0.15) is 5.60 Å². The smallest absolute Gasteiger partial charge is 0.257 e. The molecule has 1 aromatic heterocycles. The molecule has 0 radical (unpaired) electrons. The first kappa shape index (κ1) is 12.9. The number of pyridine rings is 1. The van der Waals surface area contributed by atoms with Crippen LogP contribution in [-0.4, -0.2) is 23.6 Å². The van der Waals surface area contributed by atoms with Crippen LogP contribution in [0.2, 0.25) is 5.02 Å². The average Bonchev–Trinajstić information content (AvgIpc) is 2.31. The van der Waals surface area contributed by atoms with Gasteiger partial charge in [-0.3, -0.25) is 4.79 Å². The van der Waals surface area contributed by atoms with Crippen LogP contribution in [0, 0.1) is 0 Å². The van der Waals surface area contributed by atoms with E-state index in [2.05, 4.69) is 10.3 Å². The normalized spacial score (nSPS) is 14.2. The van der Waals surface area contributed by atoms with E-state index < -0.39 is 5.60 Å². The Morgan fingerprint density at radius 2 is 2.38 bits per heavy atom. The Balaban J connectivity index is 2.83. The van der Waals surface area contributed by atoms with Gasteiger partial charge in [0.05, 0.1) is 5.02 Å². The lowest BCUT2D eigenvalue weighted by molar-refractivity contribution is -0.136. The largest absolute Gasteiger partial charge is 0.369 e. The van der Waals surface area contributed by atoms with E-state index in [0.29, 0.717) is 17.3 Å². The van der Waals surface area contributed by atoms with Crippen LogP contribution in [0.15, 0.2) is 18.3 Å². The summed E-state index contributed by atoms with van der Waals surface area (Å²) in [6, 6.07) is 3.37. The number of amides is 1. The second-order valence-electron chi connectivity index (χ2n) is 3.58. The van der Waals surface area contributed by atoms with Crippen LogP contribution < -0.4 is 5.32 Å². The molecule has 0 saturated heterocycles. The van der Waals surface area contributed by atoms with Gasteiger partial charge in [-0.05, 0) is 25.5 Å². The Hall–Kier alpha value is -1.13. The van der Waals surface area contributed by atoms with Crippen molar-refractivity contribution in [2.24, 2.45) is 0 Å². The molecule has 16 heavy (non-hydrogen) atoms. The maximum Gasteiger partial charge on any atom is 0.257 e. The van der Waals surface area contributed by atoms with Crippen molar-refractivity contribution < 1.29 is 9.53 Å². The van der Waals surface area contributed by atoms with Crippen LogP contribution in [0.1, 0.15) is 20.3 Å². The summed E-state index contributed by atoms with van der Waals surface area (Å²) >= 11 is 5.89. The number of anilines is 1. The van der Waals surface area contributed by atoms with Crippen molar-refractivity contribution in [1.29, 1.82) is 0 Å². The Kier molecular flexibility index (Phi) is 4.26. The highest BCUT2D eigenvalue weighted by molar-refractivity contribution is 6.33. The summed E-state index contributed by atoms with van der Waals surface area (Å²) in [6.07, 6.45) is 2.14. The summed E-state index contributed by atoms with van der Waals surface area (Å²) in [6.45, 7) is 3.60. The number of aromatic nitrogens is 1. The van der Waals surface area contributed by atoms with Crippen molar-refractivity contribution in [3.8, 4) is 0 Å². The zero-order valence-electron chi connectivity index (χ0n) is 9.58. The van der Waals surface area contributed by atoms with Gasteiger partial charge in [-0.1, -0.05) is 18.5 Å². The summed E-state index contributed by atoms with van der Waals surface area (Å²) in [5.74, 6) is 0.101. The molecule has 5 heteroatoms. The number of carbonyl (C=O) groups is 1. The third kappa shape index (κ3) is 2.71. The van der Waals surface area contributed by atoms with Crippen molar-refractivity contribution in [1.82, 2.24) is 4.98 Å². The quantitative estimate of drug-likeness (QED) is 0.883. The molecular weight excluding hydrogens is 228 g/mol. The molecule has 0 saturated carbocycles. The minimum Gasteiger partial charge on any atom is -0.369 e. The lowest BCUT2D eigenvalue weighted by Gasteiger charge is -2.25. The van der Waals surface area contributed by atoms with E-state index in [-0.39, 0.29) is 5.91 Å². The maximum atomic E-state index is 11.9. The van der Waals surface area contributed by atoms with Gasteiger partial charge in [-0.25, -0.2) is 4.98 Å². The number of nitrogens with zero attached hydrogens (tertiary/aromatic N) is 1. The molecule has 0 aromatic carbocycles. The number of halogens is 1. The number of hydrogen-bond donors (Lipinski definition) is 1. The highest BCUT2D eigenvalue weighted by Crippen LogP contribution is 2.21. The van der Waals surface area contributed by atoms with E-state index >= 15 is 0 Å². The molecule has 0 aliphatic rings. The van der Waals surface area contributed by atoms with Crippen LogP contribution in [0.4, 0.5) is 5.82 Å². The Morgan fingerprint density at radius 1 is 1.69 bits per heavy atom. The van der Waals surface area contributed by atoms with E-state index in [1.54, 1.807) is 25.3 Å². The second kappa shape index (κ2) is 5.27. The molecule has 1 atom stereocenters. The minimum atomic E-state index is -0.860. The fraction of sp³-hybridized carbons (Fsp3) is 0.455. The molecule has 1 unspecified atom stereocenters. The van der Waals surface area contributed by atoms with Crippen LogP contribution >= 0.6 is 11.6 Å². The minimum absolute atomic E-state index is 0.252. The zero-order valence-corrected chi connectivity index (χ0v) is 10.3. The summed E-state index contributed by atoms with van der Waals surface area (Å²) in [5.41, 5.74) is -0.860. The molecule has 0 bridgehead atoms. The van der Waals surface area contributed by atoms with Crippen molar-refractivity contribution in [3.05, 3.63) is 23.4 Å². The van der Waals surface area contributed by atoms with Gasteiger partial charge in [0, 0.05) is 13.3 Å². The van der Waals surface area contributed by atoms with E-state index in [1.165, 1.54) is 7.11 Å². The first-order valence-corrected chi connectivity index (χ1v) is 5.38. The van der Waals surface area contributed by atoms with Gasteiger partial charge >= 0.3 is 0 Å². The van der Waals surface area contributed by atoms with E-state index in [9.17, 15) is 4.79 Å². The van der Waals surface area contributed by atoms with E-state index in [4.69, 9.17) is 16.3 Å². The second-order valence-corrected chi connectivity index (χ2v) is 3.98. The van der Waals surface area contributed by atoms with E-state index in [0.717, 1.165) is 0 Å². The number of ether oxygens (including phenoxy) is 1. The SMILES string of the molecule is CCC(C)(OC)C(=O)Nc1ncccc1Cl. The molecule has 1 amide bonds. The average molecular weight is 243 g/mol. The van der Waals surface area contributed by atoms with Gasteiger partial charge < -0.3 is 10.1 Å². The van der Waals surface area contributed by atoms with Crippen molar-refractivity contribution in [3.63, 3.8) is 0 Å². The van der Waals surface area contributed by atoms with E-state index in [1.807, 2.05) is 6.92 Å². The standard InChI is InChI=1S/C11H15ClN2O2/c1-4-11(2,16-3)10(15)14-9-8(12)6-5-7-13-9/h5-7H,4H2,1-3H3,(H,13,14,15). The monoisotopic (exact) mass is 242 g/mol. The molecule has 1 heterocycles. The first-order valence-electron chi connectivity index (χ1n) is 5.00. The Bertz CT molecular complexity index is 378. The van der Waals surface area contributed by atoms with Crippen LogP contribution in [0.3, 0.4) is 0 Å². The highest BCUT2D eigenvalue weighted by Gasteiger charge is 2.31. The number of carbonyl (C=O) groups excluding carboxylic acids is 1. The summed E-state index contributed by atoms with van der Waals surface area (Å²) in [7, 11) is 1.50. The Morgan fingerprint density at radius 3 is 2.88 bits per heavy atom. The number of rotatable bonds is 4. The predicted molar refractivity (Wildman–Crippen MR) is 63.6 cm³/mol. The van der Waals surface area contributed by atoms with Gasteiger partial charge in [0.15, 0.2) is 5.82 Å². The number of hydrogen-bond acceptors (Lipinski definition) is 3. The highest BCUT2D eigenvalue weighted by atomic mass is 35.5. The lowest BCUT2D eigenvalue weighted by Crippen LogP contribution is -2.41. The summed E-state index contributed by atoms with van der Waals surface area (Å²) in [4.78, 5) is 15.9. The topological polar surface area (TPSA) is 51.2 Å². The summed E-state index contributed by atoms with van der Waals surface area (Å²) < 4.78 is 5.18. The molecule has 0 aliphatic carbocycles. The van der Waals surface area contributed by atoms with Gasteiger partial charge in [-0.2, -0.15) is 0 Å². The number of nitrogens with one attached hydrogen (secondary N) is 1. The van der Waals surface area contributed by atoms with Gasteiger partial charge in [0.2, 0.25) is 0 Å². The molecule has 0 aliphatic heterocycles. The molecule has 1 N–H and O–H groups in total. The molecule has 88 valence electrons. The molecule has 0 spiro atoms. The summed E-state index contributed by atoms with van der Waals surface area (Å²) in [5, 5.41) is 3.05. The predicted octanol–water partition coefficient (Wildman–Crippen LogP) is 2.49. The molecule has 1 rings (SSSR count). The van der Waals surface area contributed by atoms with Crippen LogP contribution in [-0.2, 0) is 9.53 Å². The van der Waals surface area contributed by atoms with Gasteiger partial charge in [-0.15, -0.1) is 0 Å². The fourth-order valence-electron chi connectivity index (χ4n) is 1.12. The van der Waals surface area contributed by atoms with Crippen molar-refractivity contribution >= 4 is 23.3 Å². The zero-order chi connectivity index (χ0) is 12.2. The maximum absolute atomic E-state index is 11.9. The fourth-order valence-corrected chi connectivity index (χ4v) is 1.28. The Labute approximate surface area is 100.0 Å².